The maximum absolute atomic E-state index is 6.06. The number of hydrogen-bond donors (Lipinski definition) is 0. The Labute approximate surface area is 354 Å². The minimum absolute atomic E-state index is 0.0622. The molecular formula is C55H66N2O2. The molecule has 0 bridgehead atoms. The van der Waals surface area contributed by atoms with E-state index in [0.29, 0.717) is 5.92 Å². The molecule has 10 rings (SSSR count). The van der Waals surface area contributed by atoms with Gasteiger partial charge in [0.25, 0.3) is 0 Å². The number of anilines is 2. The van der Waals surface area contributed by atoms with E-state index in [4.69, 9.17) is 9.47 Å². The van der Waals surface area contributed by atoms with E-state index in [9.17, 15) is 0 Å². The van der Waals surface area contributed by atoms with E-state index in [0.717, 1.165) is 65.4 Å². The molecule has 3 atom stereocenters. The van der Waals surface area contributed by atoms with E-state index < -0.39 is 10.8 Å². The zero-order valence-corrected chi connectivity index (χ0v) is 37.0. The summed E-state index contributed by atoms with van der Waals surface area (Å²) in [7, 11) is 0. The van der Waals surface area contributed by atoms with Gasteiger partial charge in [0.1, 0.15) is 0 Å². The van der Waals surface area contributed by atoms with Gasteiger partial charge in [0.05, 0.1) is 26.4 Å². The van der Waals surface area contributed by atoms with Crippen molar-refractivity contribution in [3.8, 4) is 0 Å². The van der Waals surface area contributed by atoms with Crippen LogP contribution in [0, 0.1) is 38.9 Å². The summed E-state index contributed by atoms with van der Waals surface area (Å²) in [6, 6.07) is 28.7. The second-order valence-corrected chi connectivity index (χ2v) is 20.6. The third-order valence-corrected chi connectivity index (χ3v) is 18.6. The first-order valence-electron chi connectivity index (χ1n) is 22.8. The van der Waals surface area contributed by atoms with Gasteiger partial charge in [-0.3, -0.25) is 0 Å². The second kappa shape index (κ2) is 13.7. The van der Waals surface area contributed by atoms with Crippen molar-refractivity contribution in [1.82, 2.24) is 0 Å². The molecule has 0 aromatic heterocycles. The topological polar surface area (TPSA) is 24.9 Å². The summed E-state index contributed by atoms with van der Waals surface area (Å²) in [6.07, 6.45) is 18.1. The number of hydrogen-bond acceptors (Lipinski definition) is 4. The highest BCUT2D eigenvalue weighted by molar-refractivity contribution is 5.93. The Hall–Kier alpha value is -4.12. The number of ether oxygens (including phenoxy) is 2. The van der Waals surface area contributed by atoms with Gasteiger partial charge in [-0.2, -0.15) is 0 Å². The lowest BCUT2D eigenvalue weighted by Crippen LogP contribution is -2.73. The Morgan fingerprint density at radius 1 is 0.627 bits per heavy atom. The molecule has 59 heavy (non-hydrogen) atoms. The van der Waals surface area contributed by atoms with Crippen molar-refractivity contribution in [2.45, 2.75) is 80.1 Å². The van der Waals surface area contributed by atoms with E-state index in [1.165, 1.54) is 40.0 Å². The molecule has 2 aliphatic heterocycles. The Morgan fingerprint density at radius 3 is 1.76 bits per heavy atom. The fourth-order valence-corrected chi connectivity index (χ4v) is 14.5. The van der Waals surface area contributed by atoms with Crippen molar-refractivity contribution in [3.63, 3.8) is 0 Å². The third-order valence-electron chi connectivity index (χ3n) is 18.6. The Morgan fingerprint density at radius 2 is 1.17 bits per heavy atom. The summed E-state index contributed by atoms with van der Waals surface area (Å²) in [5, 5.41) is 0. The Balaban J connectivity index is 1.43. The molecule has 2 saturated heterocycles. The highest BCUT2D eigenvalue weighted by Gasteiger charge is 2.78. The second-order valence-electron chi connectivity index (χ2n) is 20.6. The van der Waals surface area contributed by atoms with E-state index in [1.807, 2.05) is 0 Å². The number of rotatable bonds is 6. The lowest BCUT2D eigenvalue weighted by molar-refractivity contribution is -0.212. The van der Waals surface area contributed by atoms with Crippen molar-refractivity contribution in [2.75, 3.05) is 62.4 Å². The van der Waals surface area contributed by atoms with Crippen LogP contribution in [0.4, 0.5) is 11.4 Å². The van der Waals surface area contributed by atoms with Gasteiger partial charge in [-0.15, -0.1) is 0 Å². The monoisotopic (exact) mass is 787 g/mol. The summed E-state index contributed by atoms with van der Waals surface area (Å²) in [5.41, 5.74) is 13.5. The van der Waals surface area contributed by atoms with Crippen molar-refractivity contribution >= 4 is 16.9 Å². The van der Waals surface area contributed by atoms with Crippen LogP contribution in [0.25, 0.3) is 5.57 Å². The minimum Gasteiger partial charge on any atom is -0.378 e. The summed E-state index contributed by atoms with van der Waals surface area (Å²) in [4.78, 5) is 5.31. The fourth-order valence-electron chi connectivity index (χ4n) is 14.5. The van der Waals surface area contributed by atoms with Crippen LogP contribution in [0.1, 0.15) is 90.5 Å². The van der Waals surface area contributed by atoms with Gasteiger partial charge in [0.15, 0.2) is 0 Å². The molecule has 3 aromatic carbocycles. The van der Waals surface area contributed by atoms with Crippen molar-refractivity contribution in [3.05, 3.63) is 148 Å². The first kappa shape index (κ1) is 39.0. The molecule has 3 unspecified atom stereocenters. The molecule has 2 heterocycles. The molecule has 3 aromatic rings. The molecule has 7 aliphatic rings. The Bertz CT molecular complexity index is 2250. The van der Waals surface area contributed by atoms with Gasteiger partial charge in [-0.05, 0) is 92.5 Å². The molecule has 5 aliphatic carbocycles. The molecule has 0 radical (unpaired) electrons. The molecule has 4 heteroatoms. The normalized spacial score (nSPS) is 29.4. The van der Waals surface area contributed by atoms with Gasteiger partial charge >= 0.3 is 0 Å². The van der Waals surface area contributed by atoms with Crippen LogP contribution in [0.2, 0.25) is 0 Å². The number of nitrogens with zero attached hydrogens (tertiary/aromatic N) is 2. The lowest BCUT2D eigenvalue weighted by atomic mass is 9.25. The number of benzene rings is 3. The number of morpholine rings is 2. The number of allylic oxidation sites excluding steroid dienone is 10. The summed E-state index contributed by atoms with van der Waals surface area (Å²) in [5.74, 6) is 0.489. The molecule has 308 valence electrons. The van der Waals surface area contributed by atoms with Gasteiger partial charge in [-0.25, -0.2) is 0 Å². The van der Waals surface area contributed by atoms with E-state index in [-0.39, 0.29) is 27.6 Å². The standard InChI is InChI=1S/C55H66N2O2/c1-50(2)51(3,4)53(7)43-24-14-13-23-41(43)48-40-22-12-9-19-38(40)37-42(48)49(53)54(8,52(50,5)6)55(39-20-10-11-21-39,44-25-15-17-27-46(44)56-29-33-58-34-30-56)45-26-16-18-28-47(45)57-31-35-59-36-32-57/h9-13,15-23,25-28,39,43H,14,24,29-37H2,1-8H3. The largest absolute Gasteiger partial charge is 0.378 e. The predicted molar refractivity (Wildman–Crippen MR) is 245 cm³/mol. The number of para-hydroxylation sites is 2. The first-order chi connectivity index (χ1) is 28.3. The average Bonchev–Trinajstić information content (AvgIpc) is 3.94. The van der Waals surface area contributed by atoms with E-state index in [2.05, 4.69) is 174 Å². The summed E-state index contributed by atoms with van der Waals surface area (Å²) < 4.78 is 12.1. The van der Waals surface area contributed by atoms with Crippen LogP contribution < -0.4 is 9.80 Å². The lowest BCUT2D eigenvalue weighted by Gasteiger charge is -2.78. The van der Waals surface area contributed by atoms with Crippen molar-refractivity contribution < 1.29 is 9.47 Å². The van der Waals surface area contributed by atoms with Crippen LogP contribution in [-0.2, 0) is 21.3 Å². The molecular weight excluding hydrogens is 721 g/mol. The molecule has 0 amide bonds. The maximum atomic E-state index is 6.06. The van der Waals surface area contributed by atoms with E-state index in [1.54, 1.807) is 22.3 Å². The van der Waals surface area contributed by atoms with Crippen molar-refractivity contribution in [1.29, 1.82) is 0 Å². The molecule has 1 saturated carbocycles. The zero-order valence-electron chi connectivity index (χ0n) is 37.0. The van der Waals surface area contributed by atoms with Gasteiger partial charge in [-0.1, -0.05) is 158 Å². The molecule has 4 nitrogen and oxygen atoms in total. The predicted octanol–water partition coefficient (Wildman–Crippen LogP) is 11.8. The molecule has 0 spiro atoms. The van der Waals surface area contributed by atoms with Crippen LogP contribution in [0.5, 0.6) is 0 Å². The van der Waals surface area contributed by atoms with Crippen LogP contribution in [0.15, 0.2) is 126 Å². The van der Waals surface area contributed by atoms with Gasteiger partial charge in [0.2, 0.25) is 0 Å². The van der Waals surface area contributed by atoms with Gasteiger partial charge < -0.3 is 19.3 Å². The third kappa shape index (κ3) is 4.91. The van der Waals surface area contributed by atoms with Crippen molar-refractivity contribution in [2.24, 2.45) is 38.9 Å². The average molecular weight is 787 g/mol. The fraction of sp³-hybridized carbons (Fsp3) is 0.491. The highest BCUT2D eigenvalue weighted by atomic mass is 16.5. The van der Waals surface area contributed by atoms with Crippen LogP contribution >= 0.6 is 0 Å². The quantitative estimate of drug-likeness (QED) is 0.248. The van der Waals surface area contributed by atoms with E-state index >= 15 is 0 Å². The summed E-state index contributed by atoms with van der Waals surface area (Å²) >= 11 is 0. The SMILES string of the molecule is CC12C(=C3Cc4ccccc4C3=C3C=CCCC31)C(C)(C(c1ccccc1N1CCOCC1)(c1ccccc1N1CCOCC1)C1C=CC=C1)C(C)(C)C(C)(C)C2(C)C. The summed E-state index contributed by atoms with van der Waals surface area (Å²) in [6.45, 7) is 28.1. The first-order valence-corrected chi connectivity index (χ1v) is 22.8. The van der Waals surface area contributed by atoms with Gasteiger partial charge in [0, 0.05) is 59.7 Å². The highest BCUT2D eigenvalue weighted by Crippen LogP contribution is 2.84. The molecule has 0 N–H and O–H groups in total. The molecule has 3 fully saturated rings. The zero-order chi connectivity index (χ0) is 41.0. The number of fused-ring (bicyclic) bond motifs is 6. The maximum Gasteiger partial charge on any atom is 0.0642 e. The van der Waals surface area contributed by atoms with Crippen LogP contribution in [0.3, 0.4) is 0 Å². The van der Waals surface area contributed by atoms with Crippen LogP contribution in [-0.4, -0.2) is 52.6 Å². The smallest absolute Gasteiger partial charge is 0.0642 e. The Kier molecular flexibility index (Phi) is 9.06. The minimum atomic E-state index is -0.539.